The molecule has 0 heterocycles. The number of aliphatic hydroxyl groups is 1. The molecule has 4 heteroatoms. The van der Waals surface area contributed by atoms with Crippen LogP contribution in [-0.2, 0) is 0 Å². The Balaban J connectivity index is 3.18. The van der Waals surface area contributed by atoms with Crippen LogP contribution < -0.4 is 11.1 Å². The van der Waals surface area contributed by atoms with Crippen molar-refractivity contribution in [2.45, 2.75) is 13.0 Å². The summed E-state index contributed by atoms with van der Waals surface area (Å²) in [6.45, 7) is 1.90. The second kappa shape index (κ2) is 4.64. The van der Waals surface area contributed by atoms with Gasteiger partial charge in [-0.1, -0.05) is 11.6 Å². The molecule has 78 valence electrons. The third kappa shape index (κ3) is 2.18. The van der Waals surface area contributed by atoms with Crippen LogP contribution in [0.15, 0.2) is 12.1 Å². The Morgan fingerprint density at radius 2 is 2.21 bits per heavy atom. The smallest absolute Gasteiger partial charge is 0.0627 e. The third-order valence-electron chi connectivity index (χ3n) is 2.29. The Kier molecular flexibility index (Phi) is 3.75. The number of anilines is 1. The molecule has 0 amide bonds. The number of nitrogens with one attached hydrogen (secondary N) is 1. The number of hydrogen-bond donors (Lipinski definition) is 3. The number of likely N-dealkylation sites (N-methyl/N-ethyl adjacent to an activating group) is 1. The van der Waals surface area contributed by atoms with E-state index in [9.17, 15) is 0 Å². The van der Waals surface area contributed by atoms with Crippen molar-refractivity contribution >= 4 is 17.3 Å². The van der Waals surface area contributed by atoms with Crippen LogP contribution in [0.3, 0.4) is 0 Å². The molecule has 1 aromatic carbocycles. The second-order valence-electron chi connectivity index (χ2n) is 3.25. The SMILES string of the molecule is CNC(CO)c1cc(Cl)cc(C)c1N. The maximum absolute atomic E-state index is 9.12. The van der Waals surface area contributed by atoms with Crippen LogP contribution in [0, 0.1) is 6.92 Å². The molecule has 1 aromatic rings. The molecule has 0 aliphatic rings. The number of rotatable bonds is 3. The van der Waals surface area contributed by atoms with Gasteiger partial charge in [0.15, 0.2) is 0 Å². The molecular weight excluding hydrogens is 200 g/mol. The third-order valence-corrected chi connectivity index (χ3v) is 2.51. The first-order chi connectivity index (χ1) is 6.60. The summed E-state index contributed by atoms with van der Waals surface area (Å²) < 4.78 is 0. The Morgan fingerprint density at radius 1 is 1.57 bits per heavy atom. The van der Waals surface area contributed by atoms with Gasteiger partial charge in [-0.05, 0) is 37.2 Å². The number of aliphatic hydroxyl groups excluding tert-OH is 1. The molecule has 1 atom stereocenters. The van der Waals surface area contributed by atoms with Crippen molar-refractivity contribution in [1.29, 1.82) is 0 Å². The van der Waals surface area contributed by atoms with E-state index >= 15 is 0 Å². The first-order valence-electron chi connectivity index (χ1n) is 4.43. The molecule has 1 rings (SSSR count). The number of hydrogen-bond acceptors (Lipinski definition) is 3. The highest BCUT2D eigenvalue weighted by Gasteiger charge is 2.13. The highest BCUT2D eigenvalue weighted by molar-refractivity contribution is 6.30. The zero-order valence-electron chi connectivity index (χ0n) is 8.34. The molecule has 0 aromatic heterocycles. The van der Waals surface area contributed by atoms with E-state index in [1.165, 1.54) is 0 Å². The molecule has 14 heavy (non-hydrogen) atoms. The molecular formula is C10H15ClN2O. The van der Waals surface area contributed by atoms with Crippen molar-refractivity contribution in [1.82, 2.24) is 5.32 Å². The van der Waals surface area contributed by atoms with Crippen molar-refractivity contribution in [3.63, 3.8) is 0 Å². The number of aryl methyl sites for hydroxylation is 1. The minimum Gasteiger partial charge on any atom is -0.398 e. The quantitative estimate of drug-likeness (QED) is 0.669. The van der Waals surface area contributed by atoms with Crippen molar-refractivity contribution in [3.8, 4) is 0 Å². The van der Waals surface area contributed by atoms with E-state index < -0.39 is 0 Å². The predicted molar refractivity (Wildman–Crippen MR) is 59.5 cm³/mol. The van der Waals surface area contributed by atoms with E-state index in [0.29, 0.717) is 10.7 Å². The monoisotopic (exact) mass is 214 g/mol. The Labute approximate surface area is 88.9 Å². The summed E-state index contributed by atoms with van der Waals surface area (Å²) in [7, 11) is 1.77. The van der Waals surface area contributed by atoms with Gasteiger partial charge in [0.25, 0.3) is 0 Å². The fourth-order valence-electron chi connectivity index (χ4n) is 1.41. The van der Waals surface area contributed by atoms with Crippen molar-refractivity contribution < 1.29 is 5.11 Å². The molecule has 0 saturated heterocycles. The van der Waals surface area contributed by atoms with Crippen LogP contribution in [-0.4, -0.2) is 18.8 Å². The molecule has 0 aliphatic heterocycles. The zero-order valence-corrected chi connectivity index (χ0v) is 9.10. The van der Waals surface area contributed by atoms with Gasteiger partial charge in [-0.15, -0.1) is 0 Å². The van der Waals surface area contributed by atoms with Gasteiger partial charge >= 0.3 is 0 Å². The van der Waals surface area contributed by atoms with Crippen molar-refractivity contribution in [3.05, 3.63) is 28.3 Å². The first kappa shape index (κ1) is 11.3. The van der Waals surface area contributed by atoms with Gasteiger partial charge in [-0.25, -0.2) is 0 Å². The zero-order chi connectivity index (χ0) is 10.7. The molecule has 0 spiro atoms. The molecule has 4 N–H and O–H groups in total. The van der Waals surface area contributed by atoms with E-state index in [2.05, 4.69) is 5.32 Å². The van der Waals surface area contributed by atoms with Gasteiger partial charge in [0, 0.05) is 10.7 Å². The van der Waals surface area contributed by atoms with Gasteiger partial charge in [0.1, 0.15) is 0 Å². The second-order valence-corrected chi connectivity index (χ2v) is 3.69. The molecule has 0 bridgehead atoms. The van der Waals surface area contributed by atoms with Gasteiger partial charge in [0.05, 0.1) is 12.6 Å². The van der Waals surface area contributed by atoms with Crippen LogP contribution in [0.2, 0.25) is 5.02 Å². The van der Waals surface area contributed by atoms with Crippen LogP contribution in [0.4, 0.5) is 5.69 Å². The van der Waals surface area contributed by atoms with E-state index in [-0.39, 0.29) is 12.6 Å². The van der Waals surface area contributed by atoms with Crippen LogP contribution in [0.5, 0.6) is 0 Å². The Morgan fingerprint density at radius 3 is 2.71 bits per heavy atom. The van der Waals surface area contributed by atoms with Crippen LogP contribution >= 0.6 is 11.6 Å². The standard InChI is InChI=1S/C10H15ClN2O/c1-6-3-7(11)4-8(10(6)12)9(5-14)13-2/h3-4,9,13-14H,5,12H2,1-2H3. The maximum Gasteiger partial charge on any atom is 0.0627 e. The van der Waals surface area contributed by atoms with E-state index in [1.54, 1.807) is 13.1 Å². The predicted octanol–water partition coefficient (Wildman–Crippen LogP) is 1.48. The van der Waals surface area contributed by atoms with Crippen molar-refractivity contribution in [2.75, 3.05) is 19.4 Å². The highest BCUT2D eigenvalue weighted by atomic mass is 35.5. The lowest BCUT2D eigenvalue weighted by Crippen LogP contribution is -2.21. The summed E-state index contributed by atoms with van der Waals surface area (Å²) in [6, 6.07) is 3.43. The van der Waals surface area contributed by atoms with Gasteiger partial charge in [-0.3, -0.25) is 0 Å². The topological polar surface area (TPSA) is 58.3 Å². The van der Waals surface area contributed by atoms with Crippen molar-refractivity contribution in [2.24, 2.45) is 0 Å². The van der Waals surface area contributed by atoms with E-state index in [4.69, 9.17) is 22.4 Å². The van der Waals surface area contributed by atoms with Gasteiger partial charge < -0.3 is 16.2 Å². The van der Waals surface area contributed by atoms with Crippen LogP contribution in [0.25, 0.3) is 0 Å². The lowest BCUT2D eigenvalue weighted by Gasteiger charge is -2.17. The maximum atomic E-state index is 9.12. The average Bonchev–Trinajstić information content (AvgIpc) is 2.15. The number of halogens is 1. The summed E-state index contributed by atoms with van der Waals surface area (Å²) in [5.41, 5.74) is 8.36. The Bertz CT molecular complexity index is 324. The van der Waals surface area contributed by atoms with E-state index in [0.717, 1.165) is 11.1 Å². The molecule has 3 nitrogen and oxygen atoms in total. The highest BCUT2D eigenvalue weighted by Crippen LogP contribution is 2.27. The van der Waals surface area contributed by atoms with Gasteiger partial charge in [0.2, 0.25) is 0 Å². The normalized spacial score (nSPS) is 12.9. The molecule has 1 unspecified atom stereocenters. The molecule has 0 saturated carbocycles. The lowest BCUT2D eigenvalue weighted by molar-refractivity contribution is 0.251. The molecule has 0 radical (unpaired) electrons. The molecule has 0 fully saturated rings. The summed E-state index contributed by atoms with van der Waals surface area (Å²) in [5, 5.41) is 12.7. The fraction of sp³-hybridized carbons (Fsp3) is 0.400. The summed E-state index contributed by atoms with van der Waals surface area (Å²) in [6.07, 6.45) is 0. The number of nitrogen functional groups attached to an aromatic ring is 1. The van der Waals surface area contributed by atoms with Crippen LogP contribution in [0.1, 0.15) is 17.2 Å². The minimum atomic E-state index is -0.160. The largest absolute Gasteiger partial charge is 0.398 e. The summed E-state index contributed by atoms with van der Waals surface area (Å²) in [5.74, 6) is 0. The Hall–Kier alpha value is -0.770. The minimum absolute atomic E-state index is 0.000478. The van der Waals surface area contributed by atoms with Gasteiger partial charge in [-0.2, -0.15) is 0 Å². The fourth-order valence-corrected chi connectivity index (χ4v) is 1.69. The summed E-state index contributed by atoms with van der Waals surface area (Å²) in [4.78, 5) is 0. The number of nitrogens with two attached hydrogens (primary N) is 1. The first-order valence-corrected chi connectivity index (χ1v) is 4.81. The lowest BCUT2D eigenvalue weighted by atomic mass is 10.0. The summed E-state index contributed by atoms with van der Waals surface area (Å²) >= 11 is 5.92. The molecule has 0 aliphatic carbocycles. The number of benzene rings is 1. The average molecular weight is 215 g/mol. The van der Waals surface area contributed by atoms with E-state index in [1.807, 2.05) is 13.0 Å².